The van der Waals surface area contributed by atoms with Gasteiger partial charge < -0.3 is 20.3 Å². The second kappa shape index (κ2) is 14.9. The first kappa shape index (κ1) is 27.1. The Morgan fingerprint density at radius 3 is 2.36 bits per heavy atom. The molecule has 7 nitrogen and oxygen atoms in total. The minimum atomic E-state index is 0. The number of nitrogens with zero attached hydrogens (tertiary/aromatic N) is 3. The van der Waals surface area contributed by atoms with Gasteiger partial charge >= 0.3 is 0 Å². The lowest BCUT2D eigenvalue weighted by molar-refractivity contribution is -0.130. The van der Waals surface area contributed by atoms with Crippen LogP contribution in [0.2, 0.25) is 0 Å². The maximum atomic E-state index is 12.7. The number of hydrogen-bond acceptors (Lipinski definition) is 4. The van der Waals surface area contributed by atoms with Gasteiger partial charge in [0.25, 0.3) is 0 Å². The van der Waals surface area contributed by atoms with Crippen LogP contribution in [-0.4, -0.2) is 68.1 Å². The van der Waals surface area contributed by atoms with E-state index in [1.807, 2.05) is 42.2 Å². The highest BCUT2D eigenvalue weighted by atomic mass is 127. The Labute approximate surface area is 214 Å². The summed E-state index contributed by atoms with van der Waals surface area (Å²) in [5.41, 5.74) is 3.66. The van der Waals surface area contributed by atoms with Crippen LogP contribution in [0.15, 0.2) is 59.6 Å². The zero-order chi connectivity index (χ0) is 22.6. The molecule has 33 heavy (non-hydrogen) atoms. The molecule has 1 heterocycles. The van der Waals surface area contributed by atoms with Crippen LogP contribution in [-0.2, 0) is 29.2 Å². The maximum absolute atomic E-state index is 12.7. The van der Waals surface area contributed by atoms with Gasteiger partial charge in [0.2, 0.25) is 5.91 Å². The van der Waals surface area contributed by atoms with E-state index < -0.39 is 0 Å². The van der Waals surface area contributed by atoms with Crippen molar-refractivity contribution in [2.75, 3.05) is 46.4 Å². The van der Waals surface area contributed by atoms with Gasteiger partial charge in [0, 0.05) is 46.3 Å². The van der Waals surface area contributed by atoms with Crippen molar-refractivity contribution in [1.82, 2.24) is 20.4 Å². The molecule has 2 N–H and O–H groups in total. The third kappa shape index (κ3) is 8.94. The molecule has 0 atom stereocenters. The Morgan fingerprint density at radius 1 is 1.03 bits per heavy atom. The van der Waals surface area contributed by atoms with Crippen LogP contribution in [0.3, 0.4) is 0 Å². The van der Waals surface area contributed by atoms with Crippen LogP contribution in [0.5, 0.6) is 0 Å². The number of likely N-dealkylation sites (N-methyl/N-ethyl adjacent to an activating group) is 1. The van der Waals surface area contributed by atoms with Crippen molar-refractivity contribution in [1.29, 1.82) is 0 Å². The number of benzene rings is 2. The average Bonchev–Trinajstić information content (AvgIpc) is 2.84. The maximum Gasteiger partial charge on any atom is 0.242 e. The molecule has 0 aromatic heterocycles. The van der Waals surface area contributed by atoms with Crippen LogP contribution in [0, 0.1) is 0 Å². The molecule has 0 radical (unpaired) electrons. The molecular formula is C25H36IN5O2. The summed E-state index contributed by atoms with van der Waals surface area (Å²) in [7, 11) is 1.72. The first-order chi connectivity index (χ1) is 15.7. The van der Waals surface area contributed by atoms with Gasteiger partial charge in [-0.05, 0) is 23.6 Å². The standard InChI is InChI=1S/C25H35N5O2.HI/c1-3-30(19-21-9-5-4-6-10-21)24(31)18-28-25(26-2)27-17-22-11-7-8-12-23(22)20-29-13-15-32-16-14-29;/h4-12H,3,13-20H2,1-2H3,(H2,26,27,28);1H. The SMILES string of the molecule is CCN(Cc1ccccc1)C(=O)CNC(=NC)NCc1ccccc1CN1CCOCC1.I. The topological polar surface area (TPSA) is 69.2 Å². The Bertz CT molecular complexity index is 872. The van der Waals surface area contributed by atoms with Crippen molar-refractivity contribution in [2.24, 2.45) is 4.99 Å². The molecule has 1 amide bonds. The van der Waals surface area contributed by atoms with Crippen LogP contribution in [0.25, 0.3) is 0 Å². The number of halogens is 1. The Morgan fingerprint density at radius 2 is 1.70 bits per heavy atom. The van der Waals surface area contributed by atoms with Gasteiger partial charge in [-0.1, -0.05) is 54.6 Å². The van der Waals surface area contributed by atoms with Gasteiger partial charge in [0.05, 0.1) is 19.8 Å². The van der Waals surface area contributed by atoms with Crippen molar-refractivity contribution in [3.8, 4) is 0 Å². The van der Waals surface area contributed by atoms with Crippen molar-refractivity contribution in [3.05, 3.63) is 71.3 Å². The molecule has 8 heteroatoms. The fourth-order valence-corrected chi connectivity index (χ4v) is 3.74. The van der Waals surface area contributed by atoms with E-state index in [-0.39, 0.29) is 36.4 Å². The first-order valence-electron chi connectivity index (χ1n) is 11.3. The summed E-state index contributed by atoms with van der Waals surface area (Å²) in [5, 5.41) is 6.51. The van der Waals surface area contributed by atoms with Crippen LogP contribution < -0.4 is 10.6 Å². The molecule has 0 aliphatic carbocycles. The smallest absolute Gasteiger partial charge is 0.242 e. The number of amides is 1. The van der Waals surface area contributed by atoms with E-state index in [0.29, 0.717) is 25.6 Å². The molecule has 1 saturated heterocycles. The predicted molar refractivity (Wildman–Crippen MR) is 144 cm³/mol. The minimum Gasteiger partial charge on any atom is -0.379 e. The van der Waals surface area contributed by atoms with Crippen molar-refractivity contribution in [2.45, 2.75) is 26.6 Å². The van der Waals surface area contributed by atoms with Crippen molar-refractivity contribution >= 4 is 35.8 Å². The highest BCUT2D eigenvalue weighted by Crippen LogP contribution is 2.13. The number of carbonyl (C=O) groups is 1. The largest absolute Gasteiger partial charge is 0.379 e. The van der Waals surface area contributed by atoms with Gasteiger partial charge in [-0.2, -0.15) is 0 Å². The van der Waals surface area contributed by atoms with Crippen LogP contribution >= 0.6 is 24.0 Å². The van der Waals surface area contributed by atoms with Crippen LogP contribution in [0.4, 0.5) is 0 Å². The molecule has 1 aliphatic rings. The highest BCUT2D eigenvalue weighted by molar-refractivity contribution is 14.0. The van der Waals surface area contributed by atoms with E-state index in [4.69, 9.17) is 4.74 Å². The van der Waals surface area contributed by atoms with Crippen LogP contribution in [0.1, 0.15) is 23.6 Å². The van der Waals surface area contributed by atoms with Gasteiger partial charge in [-0.25, -0.2) is 0 Å². The summed E-state index contributed by atoms with van der Waals surface area (Å²) >= 11 is 0. The fraction of sp³-hybridized carbons (Fsp3) is 0.440. The molecule has 2 aromatic rings. The lowest BCUT2D eigenvalue weighted by Crippen LogP contribution is -2.44. The van der Waals surface area contributed by atoms with Gasteiger partial charge in [0.1, 0.15) is 0 Å². The van der Waals surface area contributed by atoms with E-state index in [1.165, 1.54) is 11.1 Å². The van der Waals surface area contributed by atoms with E-state index >= 15 is 0 Å². The number of morpholine rings is 1. The molecule has 1 fully saturated rings. The quantitative estimate of drug-likeness (QED) is 0.278. The molecule has 0 unspecified atom stereocenters. The normalized spacial score (nSPS) is 14.3. The number of hydrogen-bond donors (Lipinski definition) is 2. The lowest BCUT2D eigenvalue weighted by Gasteiger charge is -2.27. The Balaban J connectivity index is 0.00000385. The molecule has 0 saturated carbocycles. The summed E-state index contributed by atoms with van der Waals surface area (Å²) in [6.45, 7) is 8.55. The van der Waals surface area contributed by atoms with E-state index in [2.05, 4.69) is 44.8 Å². The summed E-state index contributed by atoms with van der Waals surface area (Å²) in [4.78, 5) is 21.3. The Hall–Kier alpha value is -2.17. The molecule has 180 valence electrons. The fourth-order valence-electron chi connectivity index (χ4n) is 3.74. The number of carbonyl (C=O) groups excluding carboxylic acids is 1. The third-order valence-corrected chi connectivity index (χ3v) is 5.64. The van der Waals surface area contributed by atoms with Gasteiger partial charge in [-0.15, -0.1) is 24.0 Å². The number of rotatable bonds is 9. The molecule has 2 aromatic carbocycles. The summed E-state index contributed by atoms with van der Waals surface area (Å²) < 4.78 is 5.46. The first-order valence-corrected chi connectivity index (χ1v) is 11.3. The molecule has 1 aliphatic heterocycles. The molecule has 0 bridgehead atoms. The third-order valence-electron chi connectivity index (χ3n) is 5.64. The van der Waals surface area contributed by atoms with Crippen molar-refractivity contribution < 1.29 is 9.53 Å². The summed E-state index contributed by atoms with van der Waals surface area (Å²) in [5.74, 6) is 0.669. The van der Waals surface area contributed by atoms with Gasteiger partial charge in [0.15, 0.2) is 5.96 Å². The average molecular weight is 566 g/mol. The summed E-state index contributed by atoms with van der Waals surface area (Å²) in [6.07, 6.45) is 0. The molecule has 3 rings (SSSR count). The minimum absolute atomic E-state index is 0. The number of guanidine groups is 1. The zero-order valence-electron chi connectivity index (χ0n) is 19.6. The second-order valence-corrected chi connectivity index (χ2v) is 7.83. The number of ether oxygens (including phenoxy) is 1. The van der Waals surface area contributed by atoms with Crippen molar-refractivity contribution in [3.63, 3.8) is 0 Å². The summed E-state index contributed by atoms with van der Waals surface area (Å²) in [6, 6.07) is 18.5. The van der Waals surface area contributed by atoms with E-state index in [0.717, 1.165) is 38.4 Å². The Kier molecular flexibility index (Phi) is 12.2. The lowest BCUT2D eigenvalue weighted by atomic mass is 10.1. The number of nitrogens with one attached hydrogen (secondary N) is 2. The second-order valence-electron chi connectivity index (χ2n) is 7.83. The molecular weight excluding hydrogens is 529 g/mol. The van der Waals surface area contributed by atoms with E-state index in [9.17, 15) is 4.79 Å². The molecule has 0 spiro atoms. The van der Waals surface area contributed by atoms with Gasteiger partial charge in [-0.3, -0.25) is 14.7 Å². The monoisotopic (exact) mass is 565 g/mol. The predicted octanol–water partition coefficient (Wildman–Crippen LogP) is 2.85. The zero-order valence-corrected chi connectivity index (χ0v) is 22.0. The highest BCUT2D eigenvalue weighted by Gasteiger charge is 2.14. The number of aliphatic imine (C=N–C) groups is 1. The van der Waals surface area contributed by atoms with E-state index in [1.54, 1.807) is 7.05 Å².